The minimum absolute atomic E-state index is 0.112. The van der Waals surface area contributed by atoms with Gasteiger partial charge >= 0.3 is 5.97 Å². The molecule has 5 heteroatoms. The van der Waals surface area contributed by atoms with Crippen LogP contribution in [0.25, 0.3) is 0 Å². The molecular formula is C13H24N2O3. The number of rotatable bonds is 5. The van der Waals surface area contributed by atoms with Crippen molar-refractivity contribution in [3.8, 4) is 0 Å². The Kier molecular flexibility index (Phi) is 5.14. The maximum atomic E-state index is 11.9. The monoisotopic (exact) mass is 256 g/mol. The van der Waals surface area contributed by atoms with E-state index in [0.29, 0.717) is 13.0 Å². The van der Waals surface area contributed by atoms with Gasteiger partial charge in [-0.2, -0.15) is 0 Å². The van der Waals surface area contributed by atoms with Gasteiger partial charge in [-0.3, -0.25) is 4.79 Å². The van der Waals surface area contributed by atoms with Gasteiger partial charge in [0.15, 0.2) is 0 Å². The van der Waals surface area contributed by atoms with Crippen molar-refractivity contribution in [2.75, 3.05) is 6.61 Å². The van der Waals surface area contributed by atoms with Crippen molar-refractivity contribution in [1.82, 2.24) is 5.32 Å². The van der Waals surface area contributed by atoms with Crippen LogP contribution in [0.1, 0.15) is 46.5 Å². The molecule has 1 rings (SSSR count). The van der Waals surface area contributed by atoms with E-state index in [-0.39, 0.29) is 17.9 Å². The number of nitrogens with two attached hydrogens (primary N) is 1. The second kappa shape index (κ2) is 6.18. The first-order valence-corrected chi connectivity index (χ1v) is 6.60. The second-order valence-electron chi connectivity index (χ2n) is 5.45. The summed E-state index contributed by atoms with van der Waals surface area (Å²) in [5.74, 6) is -0.299. The Morgan fingerprint density at radius 1 is 1.39 bits per heavy atom. The van der Waals surface area contributed by atoms with Crippen LogP contribution >= 0.6 is 0 Å². The molecule has 0 heterocycles. The number of carbonyl (C=O) groups is 2. The molecule has 0 aliphatic heterocycles. The SMILES string of the molecule is CCOC(=O)C(C)(C)NC(=O)C[C@@H]1CCC[C@H]1N. The zero-order valence-corrected chi connectivity index (χ0v) is 11.5. The Balaban J connectivity index is 2.45. The molecule has 0 aromatic heterocycles. The van der Waals surface area contributed by atoms with Gasteiger partial charge in [0.25, 0.3) is 0 Å². The third kappa shape index (κ3) is 3.98. The van der Waals surface area contributed by atoms with Gasteiger partial charge in [-0.05, 0) is 39.5 Å². The lowest BCUT2D eigenvalue weighted by Crippen LogP contribution is -2.51. The average Bonchev–Trinajstić information content (AvgIpc) is 2.63. The van der Waals surface area contributed by atoms with Gasteiger partial charge in [0, 0.05) is 12.5 Å². The molecule has 1 fully saturated rings. The lowest BCUT2D eigenvalue weighted by molar-refractivity contribution is -0.151. The summed E-state index contributed by atoms with van der Waals surface area (Å²) in [5, 5.41) is 2.72. The van der Waals surface area contributed by atoms with Crippen molar-refractivity contribution in [1.29, 1.82) is 0 Å². The Labute approximate surface area is 108 Å². The van der Waals surface area contributed by atoms with Crippen molar-refractivity contribution in [3.63, 3.8) is 0 Å². The fourth-order valence-corrected chi connectivity index (χ4v) is 2.32. The smallest absolute Gasteiger partial charge is 0.331 e. The predicted molar refractivity (Wildman–Crippen MR) is 68.8 cm³/mol. The summed E-state index contributed by atoms with van der Waals surface area (Å²) in [5.41, 5.74) is 4.95. The number of hydrogen-bond acceptors (Lipinski definition) is 4. The van der Waals surface area contributed by atoms with Crippen molar-refractivity contribution in [3.05, 3.63) is 0 Å². The first kappa shape index (κ1) is 15.0. The van der Waals surface area contributed by atoms with Crippen molar-refractivity contribution >= 4 is 11.9 Å². The van der Waals surface area contributed by atoms with Gasteiger partial charge < -0.3 is 15.8 Å². The molecule has 1 saturated carbocycles. The Morgan fingerprint density at radius 3 is 2.56 bits per heavy atom. The number of carbonyl (C=O) groups excluding carboxylic acids is 2. The molecular weight excluding hydrogens is 232 g/mol. The summed E-state index contributed by atoms with van der Waals surface area (Å²) >= 11 is 0. The number of nitrogens with one attached hydrogen (secondary N) is 1. The largest absolute Gasteiger partial charge is 0.464 e. The van der Waals surface area contributed by atoms with Crippen molar-refractivity contribution < 1.29 is 14.3 Å². The van der Waals surface area contributed by atoms with E-state index in [0.717, 1.165) is 19.3 Å². The normalized spacial score (nSPS) is 23.8. The number of amides is 1. The minimum atomic E-state index is -0.976. The maximum absolute atomic E-state index is 11.9. The van der Waals surface area contributed by atoms with Crippen LogP contribution in [0.5, 0.6) is 0 Å². The van der Waals surface area contributed by atoms with Crippen LogP contribution in [0, 0.1) is 5.92 Å². The molecule has 3 N–H and O–H groups in total. The van der Waals surface area contributed by atoms with Gasteiger partial charge in [-0.15, -0.1) is 0 Å². The summed E-state index contributed by atoms with van der Waals surface area (Å²) in [6.07, 6.45) is 3.46. The molecule has 0 saturated heterocycles. The van der Waals surface area contributed by atoms with Gasteiger partial charge in [0.05, 0.1) is 6.61 Å². The zero-order chi connectivity index (χ0) is 13.8. The summed E-state index contributed by atoms with van der Waals surface area (Å²) < 4.78 is 4.92. The van der Waals surface area contributed by atoms with Gasteiger partial charge in [0.2, 0.25) is 5.91 Å². The third-order valence-electron chi connectivity index (χ3n) is 3.40. The number of ether oxygens (including phenoxy) is 1. The van der Waals surface area contributed by atoms with E-state index in [2.05, 4.69) is 5.32 Å². The lowest BCUT2D eigenvalue weighted by atomic mass is 9.98. The lowest BCUT2D eigenvalue weighted by Gasteiger charge is -2.25. The van der Waals surface area contributed by atoms with Crippen LogP contribution in [0.2, 0.25) is 0 Å². The summed E-state index contributed by atoms with van der Waals surface area (Å²) in [7, 11) is 0. The predicted octanol–water partition coefficient (Wildman–Crippen LogP) is 0.962. The fraction of sp³-hybridized carbons (Fsp3) is 0.846. The molecule has 0 aromatic carbocycles. The molecule has 1 aliphatic carbocycles. The summed E-state index contributed by atoms with van der Waals surface area (Å²) in [4.78, 5) is 23.5. The topological polar surface area (TPSA) is 81.4 Å². The standard InChI is InChI=1S/C13H24N2O3/c1-4-18-12(17)13(2,3)15-11(16)8-9-6-5-7-10(9)14/h9-10H,4-8,14H2,1-3H3,(H,15,16)/t9-,10+/m0/s1. The van der Waals surface area contributed by atoms with E-state index in [1.165, 1.54) is 0 Å². The quantitative estimate of drug-likeness (QED) is 0.718. The first-order valence-electron chi connectivity index (χ1n) is 6.60. The average molecular weight is 256 g/mol. The van der Waals surface area contributed by atoms with E-state index in [9.17, 15) is 9.59 Å². The van der Waals surface area contributed by atoms with E-state index in [1.807, 2.05) is 0 Å². The van der Waals surface area contributed by atoms with Crippen LogP contribution in [-0.4, -0.2) is 30.1 Å². The van der Waals surface area contributed by atoms with Crippen LogP contribution in [-0.2, 0) is 14.3 Å². The van der Waals surface area contributed by atoms with Gasteiger partial charge in [-0.25, -0.2) is 4.79 Å². The molecule has 2 atom stereocenters. The number of esters is 1. The van der Waals surface area contributed by atoms with Gasteiger partial charge in [-0.1, -0.05) is 6.42 Å². The highest BCUT2D eigenvalue weighted by Gasteiger charge is 2.33. The van der Waals surface area contributed by atoms with E-state index in [4.69, 9.17) is 10.5 Å². The molecule has 18 heavy (non-hydrogen) atoms. The van der Waals surface area contributed by atoms with Crippen LogP contribution in [0.4, 0.5) is 0 Å². The Bertz CT molecular complexity index is 315. The van der Waals surface area contributed by atoms with E-state index < -0.39 is 11.5 Å². The summed E-state index contributed by atoms with van der Waals surface area (Å²) in [6.45, 7) is 5.36. The van der Waals surface area contributed by atoms with Crippen molar-refractivity contribution in [2.24, 2.45) is 11.7 Å². The second-order valence-corrected chi connectivity index (χ2v) is 5.45. The van der Waals surface area contributed by atoms with E-state index in [1.54, 1.807) is 20.8 Å². The maximum Gasteiger partial charge on any atom is 0.331 e. The Hall–Kier alpha value is -1.10. The highest BCUT2D eigenvalue weighted by atomic mass is 16.5. The van der Waals surface area contributed by atoms with Crippen LogP contribution in [0.3, 0.4) is 0 Å². The molecule has 0 unspecified atom stereocenters. The number of hydrogen-bond donors (Lipinski definition) is 2. The molecule has 0 radical (unpaired) electrons. The highest BCUT2D eigenvalue weighted by molar-refractivity contribution is 5.87. The fourth-order valence-electron chi connectivity index (χ4n) is 2.32. The third-order valence-corrected chi connectivity index (χ3v) is 3.40. The molecule has 5 nitrogen and oxygen atoms in total. The first-order chi connectivity index (χ1) is 8.36. The van der Waals surface area contributed by atoms with Crippen molar-refractivity contribution in [2.45, 2.75) is 58.0 Å². The molecule has 104 valence electrons. The van der Waals surface area contributed by atoms with Crippen LogP contribution in [0.15, 0.2) is 0 Å². The van der Waals surface area contributed by atoms with Gasteiger partial charge in [0.1, 0.15) is 5.54 Å². The molecule has 1 amide bonds. The molecule has 0 bridgehead atoms. The highest BCUT2D eigenvalue weighted by Crippen LogP contribution is 2.26. The van der Waals surface area contributed by atoms with E-state index >= 15 is 0 Å². The Morgan fingerprint density at radius 2 is 2.06 bits per heavy atom. The molecule has 1 aliphatic rings. The van der Waals surface area contributed by atoms with Crippen LogP contribution < -0.4 is 11.1 Å². The molecule has 0 aromatic rings. The molecule has 0 spiro atoms. The minimum Gasteiger partial charge on any atom is -0.464 e. The zero-order valence-electron chi connectivity index (χ0n) is 11.5. The summed E-state index contributed by atoms with van der Waals surface area (Å²) in [6, 6.07) is 0.112.